The third-order valence-electron chi connectivity index (χ3n) is 5.15. The van der Waals surface area contributed by atoms with E-state index in [1.807, 2.05) is 28.5 Å². The van der Waals surface area contributed by atoms with Crippen LogP contribution in [-0.2, 0) is 0 Å². The lowest BCUT2D eigenvalue weighted by Crippen LogP contribution is -2.39. The van der Waals surface area contributed by atoms with E-state index in [2.05, 4.69) is 10.3 Å². The lowest BCUT2D eigenvalue weighted by atomic mass is 10.1. The van der Waals surface area contributed by atoms with Gasteiger partial charge < -0.3 is 19.7 Å². The number of benzene rings is 1. The lowest BCUT2D eigenvalue weighted by Gasteiger charge is -2.23. The highest BCUT2D eigenvalue weighted by Crippen LogP contribution is 2.36. The third kappa shape index (κ3) is 2.77. The van der Waals surface area contributed by atoms with Gasteiger partial charge in [0.05, 0.1) is 0 Å². The van der Waals surface area contributed by atoms with E-state index in [0.29, 0.717) is 17.8 Å². The summed E-state index contributed by atoms with van der Waals surface area (Å²) >= 11 is 1.49. The van der Waals surface area contributed by atoms with E-state index < -0.39 is 0 Å². The van der Waals surface area contributed by atoms with Crippen LogP contribution in [0.1, 0.15) is 29.8 Å². The van der Waals surface area contributed by atoms with Crippen LogP contribution in [0, 0.1) is 0 Å². The van der Waals surface area contributed by atoms with E-state index in [4.69, 9.17) is 9.47 Å². The third-order valence-corrected chi connectivity index (χ3v) is 6.04. The Hall–Kier alpha value is -2.12. The summed E-state index contributed by atoms with van der Waals surface area (Å²) in [5, 5.41) is 6.30. The Morgan fingerprint density at radius 3 is 3.04 bits per heavy atom. The smallest absolute Gasteiger partial charge is 0.273 e. The second-order valence-corrected chi connectivity index (χ2v) is 7.64. The van der Waals surface area contributed by atoms with Crippen molar-refractivity contribution in [2.45, 2.75) is 31.3 Å². The highest BCUT2D eigenvalue weighted by atomic mass is 32.1. The minimum Gasteiger partial charge on any atom is -0.454 e. The standard InChI is InChI=1S/C18H19N3O3S/c22-18(21-6-5-12-2-3-13(8-21)19-12)14-9-25-17(20-14)11-1-4-15-16(7-11)24-10-23-15/h1,4,7,9,12-13,19H,2-3,5-6,8,10H2. The average Bonchev–Trinajstić information content (AvgIpc) is 3.32. The van der Waals surface area contributed by atoms with Crippen LogP contribution in [0.3, 0.4) is 0 Å². The topological polar surface area (TPSA) is 63.7 Å². The van der Waals surface area contributed by atoms with Gasteiger partial charge in [0.2, 0.25) is 6.79 Å². The summed E-state index contributed by atoms with van der Waals surface area (Å²) in [6.07, 6.45) is 3.42. The van der Waals surface area contributed by atoms with Gasteiger partial charge in [-0.25, -0.2) is 4.98 Å². The highest BCUT2D eigenvalue weighted by Gasteiger charge is 2.32. The molecule has 0 radical (unpaired) electrons. The SMILES string of the molecule is O=C(c1csc(-c2ccc3c(c2)OCO3)n1)N1CCC2CCC(C1)N2. The number of nitrogens with zero attached hydrogens (tertiary/aromatic N) is 2. The first kappa shape index (κ1) is 15.2. The summed E-state index contributed by atoms with van der Waals surface area (Å²) in [5.74, 6) is 1.52. The number of ether oxygens (including phenoxy) is 2. The molecular formula is C18H19N3O3S. The summed E-state index contributed by atoms with van der Waals surface area (Å²) in [7, 11) is 0. The van der Waals surface area contributed by atoms with Crippen molar-refractivity contribution in [1.82, 2.24) is 15.2 Å². The second kappa shape index (κ2) is 6.00. The molecule has 25 heavy (non-hydrogen) atoms. The molecule has 1 aromatic heterocycles. The number of fused-ring (bicyclic) bond motifs is 3. The molecule has 0 aliphatic carbocycles. The zero-order valence-electron chi connectivity index (χ0n) is 13.7. The van der Waals surface area contributed by atoms with Crippen LogP contribution in [0.2, 0.25) is 0 Å². The van der Waals surface area contributed by atoms with E-state index in [9.17, 15) is 4.79 Å². The molecule has 2 aromatic rings. The molecule has 3 aliphatic rings. The van der Waals surface area contributed by atoms with Crippen molar-refractivity contribution >= 4 is 17.2 Å². The van der Waals surface area contributed by atoms with Crippen LogP contribution >= 0.6 is 11.3 Å². The zero-order valence-corrected chi connectivity index (χ0v) is 14.6. The molecule has 0 spiro atoms. The summed E-state index contributed by atoms with van der Waals surface area (Å²) in [6.45, 7) is 1.85. The van der Waals surface area contributed by atoms with Gasteiger partial charge in [-0.2, -0.15) is 0 Å². The van der Waals surface area contributed by atoms with Gasteiger partial charge in [-0.3, -0.25) is 4.79 Å². The molecule has 3 aliphatic heterocycles. The maximum absolute atomic E-state index is 12.9. The van der Waals surface area contributed by atoms with Gasteiger partial charge in [-0.1, -0.05) is 0 Å². The molecule has 6 nitrogen and oxygen atoms in total. The summed E-state index contributed by atoms with van der Waals surface area (Å²) in [6, 6.07) is 6.77. The maximum atomic E-state index is 12.9. The number of aromatic nitrogens is 1. The molecule has 130 valence electrons. The van der Waals surface area contributed by atoms with E-state index in [1.54, 1.807) is 0 Å². The van der Waals surface area contributed by atoms with Gasteiger partial charge in [0.15, 0.2) is 11.5 Å². The van der Waals surface area contributed by atoms with Crippen molar-refractivity contribution in [2.24, 2.45) is 0 Å². The highest BCUT2D eigenvalue weighted by molar-refractivity contribution is 7.13. The normalized spacial score (nSPS) is 24.4. The minimum atomic E-state index is 0.0394. The molecule has 2 fully saturated rings. The monoisotopic (exact) mass is 357 g/mol. The molecule has 2 unspecified atom stereocenters. The molecule has 5 rings (SSSR count). The van der Waals surface area contributed by atoms with Crippen LogP contribution in [0.4, 0.5) is 0 Å². The van der Waals surface area contributed by atoms with Gasteiger partial charge in [0.25, 0.3) is 5.91 Å². The van der Waals surface area contributed by atoms with Gasteiger partial charge in [0.1, 0.15) is 10.7 Å². The molecular weight excluding hydrogens is 338 g/mol. The molecule has 1 amide bonds. The van der Waals surface area contributed by atoms with Crippen LogP contribution < -0.4 is 14.8 Å². The predicted molar refractivity (Wildman–Crippen MR) is 94.1 cm³/mol. The summed E-state index contributed by atoms with van der Waals surface area (Å²) in [4.78, 5) is 19.4. The van der Waals surface area contributed by atoms with E-state index >= 15 is 0 Å². The van der Waals surface area contributed by atoms with Gasteiger partial charge in [0, 0.05) is 36.1 Å². The number of hydrogen-bond donors (Lipinski definition) is 1. The fraction of sp³-hybridized carbons (Fsp3) is 0.444. The Kier molecular flexibility index (Phi) is 3.64. The first-order valence-electron chi connectivity index (χ1n) is 8.67. The molecule has 1 N–H and O–H groups in total. The molecule has 2 saturated heterocycles. The van der Waals surface area contributed by atoms with Gasteiger partial charge >= 0.3 is 0 Å². The second-order valence-electron chi connectivity index (χ2n) is 6.78. The molecule has 7 heteroatoms. The van der Waals surface area contributed by atoms with Crippen molar-refractivity contribution in [3.05, 3.63) is 29.3 Å². The Balaban J connectivity index is 1.36. The van der Waals surface area contributed by atoms with Crippen LogP contribution in [-0.4, -0.2) is 47.8 Å². The Bertz CT molecular complexity index is 822. The van der Waals surface area contributed by atoms with E-state index in [1.165, 1.54) is 17.8 Å². The number of thiazole rings is 1. The molecule has 4 heterocycles. The van der Waals surface area contributed by atoms with Crippen molar-refractivity contribution in [3.63, 3.8) is 0 Å². The molecule has 1 aromatic carbocycles. The lowest BCUT2D eigenvalue weighted by molar-refractivity contribution is 0.0743. The van der Waals surface area contributed by atoms with Crippen LogP contribution in [0.5, 0.6) is 11.5 Å². The van der Waals surface area contributed by atoms with Crippen molar-refractivity contribution in [2.75, 3.05) is 19.9 Å². The maximum Gasteiger partial charge on any atom is 0.273 e. The fourth-order valence-corrected chi connectivity index (χ4v) is 4.61. The summed E-state index contributed by atoms with van der Waals surface area (Å²) < 4.78 is 10.8. The molecule has 0 saturated carbocycles. The number of likely N-dealkylation sites (tertiary alicyclic amines) is 1. The first-order chi connectivity index (χ1) is 12.3. The zero-order chi connectivity index (χ0) is 16.8. The van der Waals surface area contributed by atoms with Crippen molar-refractivity contribution < 1.29 is 14.3 Å². The van der Waals surface area contributed by atoms with Gasteiger partial charge in [-0.05, 0) is 37.5 Å². The minimum absolute atomic E-state index is 0.0394. The largest absolute Gasteiger partial charge is 0.454 e. The Morgan fingerprint density at radius 1 is 1.20 bits per heavy atom. The van der Waals surface area contributed by atoms with Gasteiger partial charge in [-0.15, -0.1) is 11.3 Å². The number of hydrogen-bond acceptors (Lipinski definition) is 6. The van der Waals surface area contributed by atoms with Crippen LogP contribution in [0.25, 0.3) is 10.6 Å². The quantitative estimate of drug-likeness (QED) is 0.895. The van der Waals surface area contributed by atoms with E-state index in [-0.39, 0.29) is 12.7 Å². The average molecular weight is 357 g/mol. The molecule has 2 bridgehead atoms. The van der Waals surface area contributed by atoms with E-state index in [0.717, 1.165) is 48.0 Å². The Morgan fingerprint density at radius 2 is 2.08 bits per heavy atom. The predicted octanol–water partition coefficient (Wildman–Crippen LogP) is 2.51. The number of amides is 1. The number of rotatable bonds is 2. The van der Waals surface area contributed by atoms with Crippen LogP contribution in [0.15, 0.2) is 23.6 Å². The molecule has 2 atom stereocenters. The number of nitrogens with one attached hydrogen (secondary N) is 1. The summed E-state index contributed by atoms with van der Waals surface area (Å²) in [5.41, 5.74) is 1.49. The Labute approximate surface area is 149 Å². The first-order valence-corrected chi connectivity index (χ1v) is 9.55. The van der Waals surface area contributed by atoms with Crippen molar-refractivity contribution in [3.8, 4) is 22.1 Å². The van der Waals surface area contributed by atoms with Crippen molar-refractivity contribution in [1.29, 1.82) is 0 Å². The number of carbonyl (C=O) groups excluding carboxylic acids is 1. The fourth-order valence-electron chi connectivity index (χ4n) is 3.82. The number of carbonyl (C=O) groups is 1.